The van der Waals surface area contributed by atoms with Gasteiger partial charge in [0.15, 0.2) is 6.61 Å². The van der Waals surface area contributed by atoms with Gasteiger partial charge in [-0.3, -0.25) is 4.79 Å². The number of aryl methyl sites for hydroxylation is 2. The van der Waals surface area contributed by atoms with Crippen LogP contribution in [0.25, 0.3) is 0 Å². The summed E-state index contributed by atoms with van der Waals surface area (Å²) >= 11 is 0. The SMILES string of the molecule is CCCc1nn(C)c(OCC(=O)OCC)c1Cc1ccc(NC(=O)c2ccccc2C(=O)O)cc1. The zero-order chi connectivity index (χ0) is 25.4. The Morgan fingerprint density at radius 3 is 2.34 bits per heavy atom. The molecule has 0 saturated carbocycles. The second-order valence-corrected chi connectivity index (χ2v) is 7.88. The number of carboxylic acid groups (broad SMARTS) is 1. The molecule has 9 nitrogen and oxygen atoms in total. The summed E-state index contributed by atoms with van der Waals surface area (Å²) in [6.07, 6.45) is 2.20. The fraction of sp³-hybridized carbons (Fsp3) is 0.308. The van der Waals surface area contributed by atoms with Crippen LogP contribution in [-0.4, -0.2) is 45.9 Å². The quantitative estimate of drug-likeness (QED) is 0.401. The van der Waals surface area contributed by atoms with Crippen molar-refractivity contribution in [3.8, 4) is 5.88 Å². The molecule has 0 spiro atoms. The minimum Gasteiger partial charge on any atom is -0.478 e. The summed E-state index contributed by atoms with van der Waals surface area (Å²) in [6.45, 7) is 3.89. The van der Waals surface area contributed by atoms with Crippen LogP contribution in [-0.2, 0) is 29.4 Å². The Bertz CT molecular complexity index is 1200. The highest BCUT2D eigenvalue weighted by Crippen LogP contribution is 2.27. The molecular formula is C26H29N3O6. The molecule has 35 heavy (non-hydrogen) atoms. The molecule has 1 amide bonds. The molecule has 0 unspecified atom stereocenters. The standard InChI is InChI=1S/C26H29N3O6/c1-4-8-22-21(25(29(3)28-22)35-16-23(30)34-5-2)15-17-11-13-18(14-12-17)27-24(31)19-9-6-7-10-20(19)26(32)33/h6-7,9-14H,4-5,8,15-16H2,1-3H3,(H,27,31)(H,32,33). The number of carbonyl (C=O) groups excluding carboxylic acids is 2. The van der Waals surface area contributed by atoms with E-state index in [2.05, 4.69) is 17.3 Å². The van der Waals surface area contributed by atoms with Crippen molar-refractivity contribution in [2.75, 3.05) is 18.5 Å². The predicted molar refractivity (Wildman–Crippen MR) is 130 cm³/mol. The number of esters is 1. The third-order valence-electron chi connectivity index (χ3n) is 5.28. The minimum absolute atomic E-state index is 0.0583. The van der Waals surface area contributed by atoms with Crippen molar-refractivity contribution in [1.82, 2.24) is 9.78 Å². The van der Waals surface area contributed by atoms with Crippen LogP contribution in [0.3, 0.4) is 0 Å². The molecule has 184 valence electrons. The Morgan fingerprint density at radius 1 is 1.03 bits per heavy atom. The Morgan fingerprint density at radius 2 is 1.71 bits per heavy atom. The Hall–Kier alpha value is -4.14. The summed E-state index contributed by atoms with van der Waals surface area (Å²) in [4.78, 5) is 35.8. The van der Waals surface area contributed by atoms with E-state index in [1.165, 1.54) is 12.1 Å². The third-order valence-corrected chi connectivity index (χ3v) is 5.28. The van der Waals surface area contributed by atoms with Crippen LogP contribution in [0.4, 0.5) is 5.69 Å². The number of nitrogens with one attached hydrogen (secondary N) is 1. The molecule has 0 radical (unpaired) electrons. The molecular weight excluding hydrogens is 450 g/mol. The summed E-state index contributed by atoms with van der Waals surface area (Å²) in [6, 6.07) is 13.3. The van der Waals surface area contributed by atoms with E-state index in [9.17, 15) is 19.5 Å². The molecule has 2 aromatic carbocycles. The average Bonchev–Trinajstić information content (AvgIpc) is 3.12. The van der Waals surface area contributed by atoms with Gasteiger partial charge in [-0.2, -0.15) is 5.10 Å². The van der Waals surface area contributed by atoms with Crippen LogP contribution < -0.4 is 10.1 Å². The maximum Gasteiger partial charge on any atom is 0.344 e. The van der Waals surface area contributed by atoms with E-state index in [4.69, 9.17) is 9.47 Å². The van der Waals surface area contributed by atoms with Crippen LogP contribution in [0, 0.1) is 0 Å². The fourth-order valence-electron chi connectivity index (χ4n) is 3.71. The van der Waals surface area contributed by atoms with Gasteiger partial charge in [-0.25, -0.2) is 14.3 Å². The largest absolute Gasteiger partial charge is 0.478 e. The van der Waals surface area contributed by atoms with Crippen LogP contribution in [0.5, 0.6) is 5.88 Å². The van der Waals surface area contributed by atoms with Gasteiger partial charge >= 0.3 is 11.9 Å². The molecule has 3 rings (SSSR count). The highest BCUT2D eigenvalue weighted by Gasteiger charge is 2.19. The molecule has 0 atom stereocenters. The number of carbonyl (C=O) groups is 3. The van der Waals surface area contributed by atoms with E-state index in [0.717, 1.165) is 29.7 Å². The highest BCUT2D eigenvalue weighted by molar-refractivity contribution is 6.10. The summed E-state index contributed by atoms with van der Waals surface area (Å²) in [5.74, 6) is -1.58. The maximum absolute atomic E-state index is 12.6. The van der Waals surface area contributed by atoms with Gasteiger partial charge in [-0.1, -0.05) is 37.6 Å². The lowest BCUT2D eigenvalue weighted by atomic mass is 10.0. The Kier molecular flexibility index (Phi) is 8.61. The number of amides is 1. The normalized spacial score (nSPS) is 10.6. The summed E-state index contributed by atoms with van der Waals surface area (Å²) < 4.78 is 12.3. The van der Waals surface area contributed by atoms with Gasteiger partial charge < -0.3 is 19.9 Å². The molecule has 0 saturated heterocycles. The van der Waals surface area contributed by atoms with Crippen molar-refractivity contribution < 1.29 is 29.0 Å². The number of anilines is 1. The van der Waals surface area contributed by atoms with Crippen molar-refractivity contribution in [3.05, 3.63) is 76.5 Å². The number of hydrogen-bond donors (Lipinski definition) is 2. The highest BCUT2D eigenvalue weighted by atomic mass is 16.6. The van der Waals surface area contributed by atoms with Gasteiger partial charge in [0.1, 0.15) is 0 Å². The smallest absolute Gasteiger partial charge is 0.344 e. The third kappa shape index (κ3) is 6.47. The predicted octanol–water partition coefficient (Wildman–Crippen LogP) is 3.86. The first kappa shape index (κ1) is 25.5. The topological polar surface area (TPSA) is 120 Å². The molecule has 0 fully saturated rings. The number of hydrogen-bond acceptors (Lipinski definition) is 6. The van der Waals surface area contributed by atoms with Crippen LogP contribution in [0.2, 0.25) is 0 Å². The van der Waals surface area contributed by atoms with E-state index in [1.54, 1.807) is 42.9 Å². The zero-order valence-electron chi connectivity index (χ0n) is 20.0. The molecule has 9 heteroatoms. The van der Waals surface area contributed by atoms with E-state index in [-0.39, 0.29) is 24.3 Å². The molecule has 2 N–H and O–H groups in total. The first-order chi connectivity index (χ1) is 16.8. The number of nitrogens with zero attached hydrogens (tertiary/aromatic N) is 2. The Labute approximate surface area is 203 Å². The van der Waals surface area contributed by atoms with Crippen LogP contribution in [0.1, 0.15) is 57.8 Å². The average molecular weight is 480 g/mol. The minimum atomic E-state index is -1.16. The van der Waals surface area contributed by atoms with E-state index < -0.39 is 17.8 Å². The molecule has 0 aliphatic carbocycles. The van der Waals surface area contributed by atoms with Crippen molar-refractivity contribution in [2.24, 2.45) is 7.05 Å². The van der Waals surface area contributed by atoms with Crippen molar-refractivity contribution in [1.29, 1.82) is 0 Å². The van der Waals surface area contributed by atoms with E-state index >= 15 is 0 Å². The lowest BCUT2D eigenvalue weighted by molar-refractivity contribution is -0.145. The van der Waals surface area contributed by atoms with Gasteiger partial charge in [-0.15, -0.1) is 0 Å². The van der Waals surface area contributed by atoms with E-state index in [1.807, 2.05) is 12.1 Å². The molecule has 3 aromatic rings. The van der Waals surface area contributed by atoms with Gasteiger partial charge in [-0.05, 0) is 43.2 Å². The van der Waals surface area contributed by atoms with Crippen molar-refractivity contribution >= 4 is 23.5 Å². The van der Waals surface area contributed by atoms with Crippen molar-refractivity contribution in [2.45, 2.75) is 33.1 Å². The Balaban J connectivity index is 1.76. The first-order valence-corrected chi connectivity index (χ1v) is 11.4. The van der Waals surface area contributed by atoms with Crippen LogP contribution >= 0.6 is 0 Å². The number of carboxylic acids is 1. The number of benzene rings is 2. The molecule has 1 aromatic heterocycles. The van der Waals surface area contributed by atoms with Gasteiger partial charge in [0, 0.05) is 24.7 Å². The van der Waals surface area contributed by atoms with Gasteiger partial charge in [0.2, 0.25) is 5.88 Å². The molecule has 0 aliphatic heterocycles. The lowest BCUT2D eigenvalue weighted by Crippen LogP contribution is -2.16. The second kappa shape index (κ2) is 11.8. The second-order valence-electron chi connectivity index (χ2n) is 7.88. The van der Waals surface area contributed by atoms with Crippen LogP contribution in [0.15, 0.2) is 48.5 Å². The number of ether oxygens (including phenoxy) is 2. The van der Waals surface area contributed by atoms with E-state index in [0.29, 0.717) is 18.0 Å². The van der Waals surface area contributed by atoms with Crippen molar-refractivity contribution in [3.63, 3.8) is 0 Å². The van der Waals surface area contributed by atoms with Gasteiger partial charge in [0.05, 0.1) is 23.4 Å². The number of rotatable bonds is 11. The van der Waals surface area contributed by atoms with Gasteiger partial charge in [0.25, 0.3) is 5.91 Å². The number of aromatic nitrogens is 2. The number of aromatic carboxylic acids is 1. The monoisotopic (exact) mass is 479 g/mol. The molecule has 0 bridgehead atoms. The summed E-state index contributed by atoms with van der Waals surface area (Å²) in [7, 11) is 1.77. The lowest BCUT2D eigenvalue weighted by Gasteiger charge is -2.11. The fourth-order valence-corrected chi connectivity index (χ4v) is 3.71. The summed E-state index contributed by atoms with van der Waals surface area (Å²) in [5.41, 5.74) is 3.32. The molecule has 0 aliphatic rings. The molecule has 1 heterocycles. The maximum atomic E-state index is 12.6. The zero-order valence-corrected chi connectivity index (χ0v) is 20.0. The first-order valence-electron chi connectivity index (χ1n) is 11.4. The summed E-state index contributed by atoms with van der Waals surface area (Å²) in [5, 5.41) is 16.6.